The van der Waals surface area contributed by atoms with Crippen LogP contribution in [-0.4, -0.2) is 51.0 Å². The number of aromatic nitrogens is 2. The minimum absolute atomic E-state index is 0.0162. The third-order valence-corrected chi connectivity index (χ3v) is 4.94. The third kappa shape index (κ3) is 5.06. The Kier molecular flexibility index (Phi) is 6.54. The number of nitrogens with zero attached hydrogens (tertiary/aromatic N) is 3. The summed E-state index contributed by atoms with van der Waals surface area (Å²) in [7, 11) is 0. The normalized spacial score (nSPS) is 14.8. The molecule has 0 fully saturated rings. The van der Waals surface area contributed by atoms with Crippen molar-refractivity contribution in [3.05, 3.63) is 52.8 Å². The van der Waals surface area contributed by atoms with E-state index in [9.17, 15) is 14.4 Å². The van der Waals surface area contributed by atoms with Gasteiger partial charge in [0.05, 0.1) is 0 Å². The van der Waals surface area contributed by atoms with Crippen LogP contribution in [0.25, 0.3) is 0 Å². The van der Waals surface area contributed by atoms with Crippen molar-refractivity contribution in [2.75, 3.05) is 6.54 Å². The maximum absolute atomic E-state index is 13.1. The van der Waals surface area contributed by atoms with Gasteiger partial charge in [-0.15, -0.1) is 0 Å². The molecule has 2 aromatic rings. The summed E-state index contributed by atoms with van der Waals surface area (Å²) in [6, 6.07) is 8.88. The Bertz CT molecular complexity index is 950. The average Bonchev–Trinajstić information content (AvgIpc) is 3.04. The van der Waals surface area contributed by atoms with Crippen LogP contribution < -0.4 is 10.6 Å². The molecule has 160 valence electrons. The van der Waals surface area contributed by atoms with E-state index in [1.54, 1.807) is 16.5 Å². The van der Waals surface area contributed by atoms with Gasteiger partial charge in [0.1, 0.15) is 11.7 Å². The van der Waals surface area contributed by atoms with Crippen molar-refractivity contribution in [1.29, 1.82) is 0 Å². The van der Waals surface area contributed by atoms with Crippen LogP contribution in [0.3, 0.4) is 0 Å². The summed E-state index contributed by atoms with van der Waals surface area (Å²) >= 11 is 0. The number of aryl methyl sites for hydroxylation is 2. The molecule has 2 N–H and O–H groups in total. The molecule has 1 aromatic carbocycles. The van der Waals surface area contributed by atoms with Crippen molar-refractivity contribution < 1.29 is 14.4 Å². The fraction of sp³-hybridized carbons (Fsp3) is 0.455. The number of hydrogen-bond donors (Lipinski definition) is 2. The second-order valence-corrected chi connectivity index (χ2v) is 8.07. The number of hydrogen-bond acceptors (Lipinski definition) is 4. The van der Waals surface area contributed by atoms with Crippen LogP contribution in [0.4, 0.5) is 0 Å². The molecule has 1 unspecified atom stereocenters. The van der Waals surface area contributed by atoms with Gasteiger partial charge in [0.15, 0.2) is 5.69 Å². The van der Waals surface area contributed by atoms with Gasteiger partial charge in [-0.3, -0.25) is 19.1 Å². The zero-order valence-corrected chi connectivity index (χ0v) is 17.9. The minimum Gasteiger partial charge on any atom is -0.352 e. The van der Waals surface area contributed by atoms with Gasteiger partial charge in [0.2, 0.25) is 5.91 Å². The molecule has 2 heterocycles. The number of benzene rings is 1. The number of amides is 3. The van der Waals surface area contributed by atoms with Crippen molar-refractivity contribution in [1.82, 2.24) is 25.3 Å². The summed E-state index contributed by atoms with van der Waals surface area (Å²) in [5.74, 6) is -0.884. The monoisotopic (exact) mass is 411 g/mol. The molecule has 1 aromatic heterocycles. The van der Waals surface area contributed by atoms with Gasteiger partial charge in [-0.2, -0.15) is 5.10 Å². The van der Waals surface area contributed by atoms with E-state index < -0.39 is 11.9 Å². The highest BCUT2D eigenvalue weighted by atomic mass is 16.2. The molecule has 0 saturated heterocycles. The van der Waals surface area contributed by atoms with E-state index in [0.717, 1.165) is 17.5 Å². The van der Waals surface area contributed by atoms with Gasteiger partial charge in [-0.1, -0.05) is 29.8 Å². The van der Waals surface area contributed by atoms with Crippen LogP contribution in [0.2, 0.25) is 0 Å². The fourth-order valence-corrected chi connectivity index (χ4v) is 3.47. The summed E-state index contributed by atoms with van der Waals surface area (Å²) in [6.07, 6.45) is 0.750. The number of fused-ring (bicyclic) bond motifs is 1. The zero-order valence-electron chi connectivity index (χ0n) is 17.9. The standard InChI is InChI=1S/C22H29N5O3/c1-14(2)23-20(28)16(4)24-21(29)18-12-19-22(30)26(9-6-10-27(19)25-18)13-17-8-5-7-15(3)11-17/h5,7-8,11-12,14,16H,6,9-10,13H2,1-4H3,(H,23,28)(H,24,29). The number of carbonyl (C=O) groups excluding carboxylic acids is 3. The summed E-state index contributed by atoms with van der Waals surface area (Å²) in [6.45, 7) is 9.05. The molecule has 30 heavy (non-hydrogen) atoms. The highest BCUT2D eigenvalue weighted by Gasteiger charge is 2.27. The molecule has 8 nitrogen and oxygen atoms in total. The molecule has 0 bridgehead atoms. The fourth-order valence-electron chi connectivity index (χ4n) is 3.47. The van der Waals surface area contributed by atoms with Crippen molar-refractivity contribution in [3.63, 3.8) is 0 Å². The van der Waals surface area contributed by atoms with Crippen LogP contribution in [-0.2, 0) is 17.9 Å². The Hall–Kier alpha value is -3.16. The van der Waals surface area contributed by atoms with E-state index in [4.69, 9.17) is 0 Å². The van der Waals surface area contributed by atoms with Gasteiger partial charge in [0.25, 0.3) is 11.8 Å². The van der Waals surface area contributed by atoms with Crippen molar-refractivity contribution in [3.8, 4) is 0 Å². The zero-order chi connectivity index (χ0) is 21.8. The Morgan fingerprint density at radius 3 is 2.60 bits per heavy atom. The lowest BCUT2D eigenvalue weighted by Gasteiger charge is -2.20. The van der Waals surface area contributed by atoms with Gasteiger partial charge in [-0.25, -0.2) is 0 Å². The number of rotatable bonds is 6. The quantitative estimate of drug-likeness (QED) is 0.759. The van der Waals surface area contributed by atoms with Crippen LogP contribution in [0.1, 0.15) is 59.3 Å². The van der Waals surface area contributed by atoms with Crippen molar-refractivity contribution >= 4 is 17.7 Å². The molecule has 1 aliphatic rings. The van der Waals surface area contributed by atoms with Crippen LogP contribution in [0, 0.1) is 6.92 Å². The molecule has 8 heteroatoms. The summed E-state index contributed by atoms with van der Waals surface area (Å²) in [5.41, 5.74) is 2.75. The third-order valence-electron chi connectivity index (χ3n) is 4.94. The lowest BCUT2D eigenvalue weighted by Crippen LogP contribution is -2.46. The van der Waals surface area contributed by atoms with E-state index in [-0.39, 0.29) is 23.6 Å². The second kappa shape index (κ2) is 9.11. The summed E-state index contributed by atoms with van der Waals surface area (Å²) in [4.78, 5) is 39.5. The summed E-state index contributed by atoms with van der Waals surface area (Å²) < 4.78 is 1.59. The molecule has 3 rings (SSSR count). The van der Waals surface area contributed by atoms with Crippen LogP contribution in [0.15, 0.2) is 30.3 Å². The molecule has 3 amide bonds. The lowest BCUT2D eigenvalue weighted by atomic mass is 10.1. The first kappa shape index (κ1) is 21.5. The molecule has 0 aliphatic carbocycles. The van der Waals surface area contributed by atoms with Crippen molar-refractivity contribution in [2.24, 2.45) is 0 Å². The lowest BCUT2D eigenvalue weighted by molar-refractivity contribution is -0.123. The SMILES string of the molecule is Cc1cccc(CN2CCCn3nc(C(=O)NC(C)C(=O)NC(C)C)cc3C2=O)c1. The average molecular weight is 412 g/mol. The molecule has 1 aliphatic heterocycles. The van der Waals surface area contributed by atoms with Crippen LogP contribution in [0.5, 0.6) is 0 Å². The molecular weight excluding hydrogens is 382 g/mol. The first-order chi connectivity index (χ1) is 14.2. The maximum Gasteiger partial charge on any atom is 0.272 e. The highest BCUT2D eigenvalue weighted by molar-refractivity contribution is 5.99. The summed E-state index contributed by atoms with van der Waals surface area (Å²) in [5, 5.41) is 9.72. The number of nitrogens with one attached hydrogen (secondary N) is 2. The van der Waals surface area contributed by atoms with E-state index in [2.05, 4.69) is 21.8 Å². The molecule has 0 radical (unpaired) electrons. The van der Waals surface area contributed by atoms with Gasteiger partial charge >= 0.3 is 0 Å². The Morgan fingerprint density at radius 2 is 1.90 bits per heavy atom. The first-order valence-electron chi connectivity index (χ1n) is 10.3. The Morgan fingerprint density at radius 1 is 1.13 bits per heavy atom. The van der Waals surface area contributed by atoms with E-state index in [1.165, 1.54) is 6.07 Å². The highest BCUT2D eigenvalue weighted by Crippen LogP contribution is 2.17. The van der Waals surface area contributed by atoms with E-state index in [0.29, 0.717) is 25.3 Å². The smallest absolute Gasteiger partial charge is 0.272 e. The molecule has 0 saturated carbocycles. The molecular formula is C22H29N5O3. The van der Waals surface area contributed by atoms with E-state index >= 15 is 0 Å². The number of carbonyl (C=O) groups is 3. The first-order valence-corrected chi connectivity index (χ1v) is 10.3. The van der Waals surface area contributed by atoms with Gasteiger partial charge in [-0.05, 0) is 39.7 Å². The minimum atomic E-state index is -0.699. The predicted octanol–water partition coefficient (Wildman–Crippen LogP) is 1.88. The van der Waals surface area contributed by atoms with Crippen LogP contribution >= 0.6 is 0 Å². The maximum atomic E-state index is 13.1. The Labute approximate surface area is 176 Å². The van der Waals surface area contributed by atoms with Crippen molar-refractivity contribution in [2.45, 2.75) is 59.3 Å². The largest absolute Gasteiger partial charge is 0.352 e. The van der Waals surface area contributed by atoms with Gasteiger partial charge < -0.3 is 15.5 Å². The topological polar surface area (TPSA) is 96.3 Å². The molecule has 1 atom stereocenters. The van der Waals surface area contributed by atoms with Gasteiger partial charge in [0, 0.05) is 31.7 Å². The Balaban J connectivity index is 1.72. The second-order valence-electron chi connectivity index (χ2n) is 8.07. The molecule has 0 spiro atoms. The predicted molar refractivity (Wildman–Crippen MR) is 113 cm³/mol. The van der Waals surface area contributed by atoms with E-state index in [1.807, 2.05) is 39.0 Å².